The van der Waals surface area contributed by atoms with Crippen LogP contribution in [0, 0.1) is 5.92 Å². The molecule has 20 heavy (non-hydrogen) atoms. The third kappa shape index (κ3) is 2.71. The number of rotatable bonds is 3. The Morgan fingerprint density at radius 1 is 1.15 bits per heavy atom. The van der Waals surface area contributed by atoms with Crippen LogP contribution in [-0.2, 0) is 6.42 Å². The second-order valence-electron chi connectivity index (χ2n) is 6.61. The molecule has 1 heterocycles. The third-order valence-electron chi connectivity index (χ3n) is 5.38. The lowest BCUT2D eigenvalue weighted by molar-refractivity contribution is 0.270. The Balaban J connectivity index is 1.78. The fraction of sp³-hybridized carbons (Fsp3) is 0.667. The number of hydrogen-bond acceptors (Lipinski definition) is 2. The summed E-state index contributed by atoms with van der Waals surface area (Å²) in [4.78, 5) is 2.68. The molecule has 3 rings (SSSR count). The molecular formula is C18H28N2. The van der Waals surface area contributed by atoms with Crippen molar-refractivity contribution in [1.82, 2.24) is 5.32 Å². The number of fused-ring (bicyclic) bond motifs is 1. The maximum Gasteiger partial charge on any atom is 0.0401 e. The van der Waals surface area contributed by atoms with E-state index in [4.69, 9.17) is 0 Å². The molecule has 0 radical (unpaired) electrons. The van der Waals surface area contributed by atoms with Gasteiger partial charge >= 0.3 is 0 Å². The third-order valence-corrected chi connectivity index (χ3v) is 5.38. The molecule has 2 heteroatoms. The van der Waals surface area contributed by atoms with E-state index in [0.29, 0.717) is 12.1 Å². The molecule has 0 bridgehead atoms. The summed E-state index contributed by atoms with van der Waals surface area (Å²) in [6, 6.07) is 10.4. The van der Waals surface area contributed by atoms with Crippen molar-refractivity contribution in [2.75, 3.05) is 18.5 Å². The van der Waals surface area contributed by atoms with E-state index < -0.39 is 0 Å². The SMILES string of the molecule is CNC1CCCCC1CN1c2ccccc2CCC1C. The van der Waals surface area contributed by atoms with Gasteiger partial charge < -0.3 is 10.2 Å². The number of benzene rings is 1. The highest BCUT2D eigenvalue weighted by molar-refractivity contribution is 5.56. The molecule has 1 aromatic carbocycles. The van der Waals surface area contributed by atoms with Crippen molar-refractivity contribution in [3.05, 3.63) is 29.8 Å². The number of nitrogens with zero attached hydrogens (tertiary/aromatic N) is 1. The summed E-state index contributed by atoms with van der Waals surface area (Å²) in [6.45, 7) is 3.62. The van der Waals surface area contributed by atoms with Gasteiger partial charge in [0, 0.05) is 24.3 Å². The van der Waals surface area contributed by atoms with Crippen LogP contribution in [0.25, 0.3) is 0 Å². The number of anilines is 1. The fourth-order valence-corrected chi connectivity index (χ4v) is 4.10. The lowest BCUT2D eigenvalue weighted by Crippen LogP contribution is -2.47. The van der Waals surface area contributed by atoms with Crippen molar-refractivity contribution in [3.8, 4) is 0 Å². The minimum Gasteiger partial charge on any atom is -0.368 e. The van der Waals surface area contributed by atoms with E-state index in [-0.39, 0.29) is 0 Å². The summed E-state index contributed by atoms with van der Waals surface area (Å²) < 4.78 is 0. The molecule has 1 aromatic rings. The van der Waals surface area contributed by atoms with Crippen LogP contribution < -0.4 is 10.2 Å². The molecule has 3 unspecified atom stereocenters. The largest absolute Gasteiger partial charge is 0.368 e. The van der Waals surface area contributed by atoms with Crippen molar-refractivity contribution in [2.24, 2.45) is 5.92 Å². The highest BCUT2D eigenvalue weighted by Gasteiger charge is 2.29. The molecule has 110 valence electrons. The van der Waals surface area contributed by atoms with E-state index in [9.17, 15) is 0 Å². The van der Waals surface area contributed by atoms with E-state index in [2.05, 4.69) is 48.5 Å². The Kier molecular flexibility index (Phi) is 4.30. The predicted molar refractivity (Wildman–Crippen MR) is 86.4 cm³/mol. The first-order valence-corrected chi connectivity index (χ1v) is 8.31. The van der Waals surface area contributed by atoms with E-state index in [1.54, 1.807) is 5.56 Å². The van der Waals surface area contributed by atoms with Gasteiger partial charge in [-0.05, 0) is 57.2 Å². The zero-order valence-corrected chi connectivity index (χ0v) is 12.9. The Morgan fingerprint density at radius 2 is 1.95 bits per heavy atom. The van der Waals surface area contributed by atoms with Crippen molar-refractivity contribution < 1.29 is 0 Å². The topological polar surface area (TPSA) is 15.3 Å². The van der Waals surface area contributed by atoms with Crippen LogP contribution in [0.2, 0.25) is 0 Å². The van der Waals surface area contributed by atoms with Crippen LogP contribution in [0.15, 0.2) is 24.3 Å². The van der Waals surface area contributed by atoms with Crippen LogP contribution >= 0.6 is 0 Å². The maximum atomic E-state index is 3.56. The average molecular weight is 272 g/mol. The Morgan fingerprint density at radius 3 is 2.80 bits per heavy atom. The van der Waals surface area contributed by atoms with Crippen LogP contribution in [-0.4, -0.2) is 25.7 Å². The first-order valence-electron chi connectivity index (χ1n) is 8.31. The van der Waals surface area contributed by atoms with Crippen molar-refractivity contribution in [1.29, 1.82) is 0 Å². The smallest absolute Gasteiger partial charge is 0.0401 e. The first kappa shape index (κ1) is 13.9. The molecule has 1 saturated carbocycles. The first-order chi connectivity index (χ1) is 9.79. The minimum absolute atomic E-state index is 0.685. The van der Waals surface area contributed by atoms with E-state index >= 15 is 0 Å². The molecular weight excluding hydrogens is 244 g/mol. The molecule has 0 amide bonds. The molecule has 1 aliphatic heterocycles. The molecule has 2 aliphatic rings. The molecule has 1 aliphatic carbocycles. The molecule has 2 nitrogen and oxygen atoms in total. The molecule has 0 saturated heterocycles. The Hall–Kier alpha value is -1.02. The lowest BCUT2D eigenvalue weighted by atomic mass is 9.83. The summed E-state index contributed by atoms with van der Waals surface area (Å²) in [6.07, 6.45) is 8.09. The van der Waals surface area contributed by atoms with Crippen molar-refractivity contribution in [2.45, 2.75) is 57.5 Å². The second kappa shape index (κ2) is 6.17. The molecule has 1 fully saturated rings. The number of hydrogen-bond donors (Lipinski definition) is 1. The standard InChI is InChI=1S/C18H28N2/c1-14-11-12-15-7-4-6-10-18(15)20(14)13-16-8-3-5-9-17(16)19-2/h4,6-7,10,14,16-17,19H,3,5,8-9,11-13H2,1-2H3. The highest BCUT2D eigenvalue weighted by atomic mass is 15.2. The highest BCUT2D eigenvalue weighted by Crippen LogP contribution is 2.33. The molecule has 0 aromatic heterocycles. The normalized spacial score (nSPS) is 30.1. The van der Waals surface area contributed by atoms with Crippen LogP contribution in [0.1, 0.15) is 44.6 Å². The van der Waals surface area contributed by atoms with Gasteiger partial charge in [-0.25, -0.2) is 0 Å². The number of nitrogens with one attached hydrogen (secondary N) is 1. The minimum atomic E-state index is 0.685. The van der Waals surface area contributed by atoms with Gasteiger partial charge in [-0.3, -0.25) is 0 Å². The molecule has 0 spiro atoms. The second-order valence-corrected chi connectivity index (χ2v) is 6.61. The van der Waals surface area contributed by atoms with Gasteiger partial charge in [0.25, 0.3) is 0 Å². The summed E-state index contributed by atoms with van der Waals surface area (Å²) in [5.74, 6) is 0.808. The quantitative estimate of drug-likeness (QED) is 0.904. The zero-order valence-electron chi connectivity index (χ0n) is 12.9. The average Bonchev–Trinajstić information content (AvgIpc) is 2.50. The van der Waals surface area contributed by atoms with E-state index in [1.165, 1.54) is 50.8 Å². The number of para-hydroxylation sites is 1. The van der Waals surface area contributed by atoms with Gasteiger partial charge in [0.1, 0.15) is 0 Å². The summed E-state index contributed by atoms with van der Waals surface area (Å²) >= 11 is 0. The zero-order chi connectivity index (χ0) is 13.9. The molecule has 1 N–H and O–H groups in total. The Bertz CT molecular complexity index is 443. The van der Waals surface area contributed by atoms with E-state index in [1.807, 2.05) is 0 Å². The summed E-state index contributed by atoms with van der Waals surface area (Å²) in [5, 5.41) is 3.56. The van der Waals surface area contributed by atoms with Gasteiger partial charge in [-0.1, -0.05) is 31.0 Å². The Labute approximate surface area is 123 Å². The van der Waals surface area contributed by atoms with Crippen molar-refractivity contribution >= 4 is 5.69 Å². The van der Waals surface area contributed by atoms with Gasteiger partial charge in [0.05, 0.1) is 0 Å². The lowest BCUT2D eigenvalue weighted by Gasteiger charge is -2.42. The van der Waals surface area contributed by atoms with E-state index in [0.717, 1.165) is 5.92 Å². The molecule has 3 atom stereocenters. The summed E-state index contributed by atoms with van der Waals surface area (Å²) in [7, 11) is 2.14. The van der Waals surface area contributed by atoms with Crippen LogP contribution in [0.5, 0.6) is 0 Å². The van der Waals surface area contributed by atoms with Gasteiger partial charge in [0.15, 0.2) is 0 Å². The van der Waals surface area contributed by atoms with Gasteiger partial charge in [-0.2, -0.15) is 0 Å². The monoisotopic (exact) mass is 272 g/mol. The van der Waals surface area contributed by atoms with Gasteiger partial charge in [0.2, 0.25) is 0 Å². The van der Waals surface area contributed by atoms with Crippen molar-refractivity contribution in [3.63, 3.8) is 0 Å². The van der Waals surface area contributed by atoms with Crippen LogP contribution in [0.3, 0.4) is 0 Å². The maximum absolute atomic E-state index is 3.56. The van der Waals surface area contributed by atoms with Crippen LogP contribution in [0.4, 0.5) is 5.69 Å². The summed E-state index contributed by atoms with van der Waals surface area (Å²) in [5.41, 5.74) is 3.04. The van der Waals surface area contributed by atoms with Gasteiger partial charge in [-0.15, -0.1) is 0 Å². The number of aryl methyl sites for hydroxylation is 1. The fourth-order valence-electron chi connectivity index (χ4n) is 4.10. The predicted octanol–water partition coefficient (Wildman–Crippen LogP) is 3.61.